The maximum absolute atomic E-state index is 13.1. The van der Waals surface area contributed by atoms with Crippen LogP contribution in [0.25, 0.3) is 5.65 Å². The Balaban J connectivity index is 2.74. The second-order valence-corrected chi connectivity index (χ2v) is 4.07. The van der Waals surface area contributed by atoms with Crippen molar-refractivity contribution in [1.82, 2.24) is 9.38 Å². The molecule has 2 heterocycles. The van der Waals surface area contributed by atoms with Gasteiger partial charge in [0.15, 0.2) is 0 Å². The van der Waals surface area contributed by atoms with Crippen molar-refractivity contribution in [2.75, 3.05) is 0 Å². The van der Waals surface area contributed by atoms with Gasteiger partial charge < -0.3 is 0 Å². The quantitative estimate of drug-likeness (QED) is 0.718. The van der Waals surface area contributed by atoms with E-state index in [4.69, 9.17) is 11.6 Å². The molecule has 80 valence electrons. The van der Waals surface area contributed by atoms with Crippen LogP contribution in [0, 0.1) is 5.82 Å². The second-order valence-electron chi connectivity index (χ2n) is 3.81. The van der Waals surface area contributed by atoms with Crippen molar-refractivity contribution < 1.29 is 4.39 Å². The molecule has 0 fully saturated rings. The predicted octanol–water partition coefficient (Wildman–Crippen LogP) is 3.34. The summed E-state index contributed by atoms with van der Waals surface area (Å²) in [5.41, 5.74) is 2.56. The monoisotopic (exact) mass is 226 g/mol. The van der Waals surface area contributed by atoms with Crippen molar-refractivity contribution >= 4 is 17.2 Å². The first-order valence-electron chi connectivity index (χ1n) is 4.86. The third kappa shape index (κ3) is 1.72. The molecule has 0 saturated carbocycles. The smallest absolute Gasteiger partial charge is 0.139 e. The fourth-order valence-corrected chi connectivity index (χ4v) is 1.95. The number of nitrogens with zero attached hydrogens (tertiary/aromatic N) is 2. The van der Waals surface area contributed by atoms with Gasteiger partial charge >= 0.3 is 0 Å². The van der Waals surface area contributed by atoms with Crippen molar-refractivity contribution in [1.29, 1.82) is 0 Å². The molecular weight excluding hydrogens is 215 g/mol. The van der Waals surface area contributed by atoms with Crippen LogP contribution in [0.3, 0.4) is 0 Å². The highest BCUT2D eigenvalue weighted by Gasteiger charge is 2.14. The summed E-state index contributed by atoms with van der Waals surface area (Å²) in [6, 6.07) is 3.07. The average molecular weight is 227 g/mol. The van der Waals surface area contributed by atoms with Crippen molar-refractivity contribution in [3.8, 4) is 0 Å². The van der Waals surface area contributed by atoms with E-state index in [-0.39, 0.29) is 5.82 Å². The lowest BCUT2D eigenvalue weighted by Crippen LogP contribution is -1.96. The summed E-state index contributed by atoms with van der Waals surface area (Å²) in [4.78, 5) is 4.44. The van der Waals surface area contributed by atoms with Gasteiger partial charge in [0.05, 0.1) is 17.3 Å². The Bertz CT molecular complexity index is 491. The molecular formula is C11H12ClFN2. The highest BCUT2D eigenvalue weighted by molar-refractivity contribution is 6.17. The second kappa shape index (κ2) is 3.81. The fourth-order valence-electron chi connectivity index (χ4n) is 1.68. The lowest BCUT2D eigenvalue weighted by molar-refractivity contribution is 0.618. The Morgan fingerprint density at radius 3 is 2.80 bits per heavy atom. The summed E-state index contributed by atoms with van der Waals surface area (Å²) in [7, 11) is 0. The summed E-state index contributed by atoms with van der Waals surface area (Å²) in [5, 5.41) is 0. The minimum Gasteiger partial charge on any atom is -0.300 e. The van der Waals surface area contributed by atoms with Crippen LogP contribution >= 0.6 is 11.6 Å². The maximum atomic E-state index is 13.1. The highest BCUT2D eigenvalue weighted by atomic mass is 35.5. The first-order chi connectivity index (χ1) is 7.13. The largest absolute Gasteiger partial charge is 0.300 e. The van der Waals surface area contributed by atoms with E-state index in [9.17, 15) is 4.39 Å². The Labute approximate surface area is 92.7 Å². The molecule has 0 spiro atoms. The molecule has 0 aliphatic rings. The van der Waals surface area contributed by atoms with E-state index in [1.165, 1.54) is 12.3 Å². The van der Waals surface area contributed by atoms with Gasteiger partial charge in [0.2, 0.25) is 0 Å². The van der Waals surface area contributed by atoms with Crippen molar-refractivity contribution in [2.24, 2.45) is 0 Å². The lowest BCUT2D eigenvalue weighted by atomic mass is 10.1. The number of fused-ring (bicyclic) bond motifs is 1. The molecule has 0 unspecified atom stereocenters. The zero-order chi connectivity index (χ0) is 11.0. The SMILES string of the molecule is CC(C)c1nc2ccc(F)cn2c1CCl. The Morgan fingerprint density at radius 1 is 1.47 bits per heavy atom. The molecule has 0 saturated heterocycles. The van der Waals surface area contributed by atoms with Crippen LogP contribution in [-0.4, -0.2) is 9.38 Å². The molecule has 2 aromatic rings. The van der Waals surface area contributed by atoms with E-state index in [1.54, 1.807) is 10.5 Å². The maximum Gasteiger partial charge on any atom is 0.139 e. The van der Waals surface area contributed by atoms with E-state index in [1.807, 2.05) is 13.8 Å². The van der Waals surface area contributed by atoms with Crippen molar-refractivity contribution in [2.45, 2.75) is 25.6 Å². The molecule has 0 amide bonds. The van der Waals surface area contributed by atoms with E-state index >= 15 is 0 Å². The molecule has 0 aromatic carbocycles. The summed E-state index contributed by atoms with van der Waals surface area (Å²) < 4.78 is 14.8. The molecule has 0 radical (unpaired) electrons. The summed E-state index contributed by atoms with van der Waals surface area (Å²) in [6.45, 7) is 4.10. The van der Waals surface area contributed by atoms with Gasteiger partial charge in [-0.3, -0.25) is 4.40 Å². The fraction of sp³-hybridized carbons (Fsp3) is 0.364. The Hall–Kier alpha value is -1.09. The van der Waals surface area contributed by atoms with Crippen LogP contribution in [0.4, 0.5) is 4.39 Å². The molecule has 2 nitrogen and oxygen atoms in total. The van der Waals surface area contributed by atoms with Gasteiger partial charge in [-0.05, 0) is 18.1 Å². The van der Waals surface area contributed by atoms with Gasteiger partial charge in [0, 0.05) is 6.20 Å². The molecule has 0 N–H and O–H groups in total. The molecule has 0 bridgehead atoms. The molecule has 2 aromatic heterocycles. The highest BCUT2D eigenvalue weighted by Crippen LogP contribution is 2.22. The van der Waals surface area contributed by atoms with E-state index < -0.39 is 0 Å². The van der Waals surface area contributed by atoms with Crippen molar-refractivity contribution in [3.63, 3.8) is 0 Å². The predicted molar refractivity (Wildman–Crippen MR) is 58.8 cm³/mol. The number of halogens is 2. The van der Waals surface area contributed by atoms with Gasteiger partial charge in [-0.2, -0.15) is 0 Å². The molecule has 0 atom stereocenters. The van der Waals surface area contributed by atoms with Crippen LogP contribution < -0.4 is 0 Å². The summed E-state index contributed by atoms with van der Waals surface area (Å²) in [5.74, 6) is 0.362. The normalized spacial score (nSPS) is 11.5. The first-order valence-corrected chi connectivity index (χ1v) is 5.39. The van der Waals surface area contributed by atoms with Gasteiger partial charge in [0.1, 0.15) is 11.5 Å². The van der Waals surface area contributed by atoms with Crippen LogP contribution in [0.15, 0.2) is 18.3 Å². The third-order valence-corrected chi connectivity index (χ3v) is 2.64. The standard InChI is InChI=1S/C11H12ClFN2/c1-7(2)11-9(5-12)15-6-8(13)3-4-10(15)14-11/h3-4,6-7H,5H2,1-2H3. The van der Waals surface area contributed by atoms with Crippen LogP contribution in [-0.2, 0) is 5.88 Å². The Kier molecular flexibility index (Phi) is 2.65. The number of imidazole rings is 1. The van der Waals surface area contributed by atoms with Gasteiger partial charge in [-0.25, -0.2) is 9.37 Å². The van der Waals surface area contributed by atoms with Crippen LogP contribution in [0.5, 0.6) is 0 Å². The van der Waals surface area contributed by atoms with E-state index in [0.29, 0.717) is 11.8 Å². The molecule has 2 rings (SSSR count). The van der Waals surface area contributed by atoms with E-state index in [0.717, 1.165) is 17.0 Å². The average Bonchev–Trinajstić information content (AvgIpc) is 2.55. The third-order valence-electron chi connectivity index (χ3n) is 2.39. The number of rotatable bonds is 2. The van der Waals surface area contributed by atoms with Gasteiger partial charge in [-0.15, -0.1) is 11.6 Å². The van der Waals surface area contributed by atoms with Gasteiger partial charge in [0.25, 0.3) is 0 Å². The number of hydrogen-bond donors (Lipinski definition) is 0. The summed E-state index contributed by atoms with van der Waals surface area (Å²) >= 11 is 5.87. The molecule has 4 heteroatoms. The number of aromatic nitrogens is 2. The van der Waals surface area contributed by atoms with Crippen molar-refractivity contribution in [3.05, 3.63) is 35.5 Å². The zero-order valence-electron chi connectivity index (χ0n) is 8.67. The first kappa shape index (κ1) is 10.4. The minimum atomic E-state index is -0.276. The Morgan fingerprint density at radius 2 is 2.20 bits per heavy atom. The number of pyridine rings is 1. The van der Waals surface area contributed by atoms with E-state index in [2.05, 4.69) is 4.98 Å². The zero-order valence-corrected chi connectivity index (χ0v) is 9.42. The molecule has 15 heavy (non-hydrogen) atoms. The minimum absolute atomic E-state index is 0.276. The topological polar surface area (TPSA) is 17.3 Å². The lowest BCUT2D eigenvalue weighted by Gasteiger charge is -2.03. The summed E-state index contributed by atoms with van der Waals surface area (Å²) in [6.07, 6.45) is 1.42. The van der Waals surface area contributed by atoms with Crippen LogP contribution in [0.1, 0.15) is 31.2 Å². The number of alkyl halides is 1. The van der Waals surface area contributed by atoms with Gasteiger partial charge in [-0.1, -0.05) is 13.8 Å². The number of hydrogen-bond acceptors (Lipinski definition) is 1. The molecule has 0 aliphatic carbocycles. The molecule has 0 aliphatic heterocycles. The van der Waals surface area contributed by atoms with Crippen LogP contribution in [0.2, 0.25) is 0 Å².